The Balaban J connectivity index is 1.48. The Labute approximate surface area is 182 Å². The van der Waals surface area contributed by atoms with Gasteiger partial charge in [0.25, 0.3) is 0 Å². The predicted molar refractivity (Wildman–Crippen MR) is 120 cm³/mol. The Morgan fingerprint density at radius 1 is 1.16 bits per heavy atom. The van der Waals surface area contributed by atoms with Gasteiger partial charge in [0.15, 0.2) is 0 Å². The summed E-state index contributed by atoms with van der Waals surface area (Å²) in [5, 5.41) is 2.96. The molecule has 2 heterocycles. The highest BCUT2D eigenvalue weighted by Gasteiger charge is 2.30. The van der Waals surface area contributed by atoms with Gasteiger partial charge in [-0.3, -0.25) is 4.79 Å². The molecule has 31 heavy (non-hydrogen) atoms. The maximum atomic E-state index is 14.0. The number of rotatable bonds is 6. The van der Waals surface area contributed by atoms with Crippen molar-refractivity contribution in [3.63, 3.8) is 0 Å². The van der Waals surface area contributed by atoms with Gasteiger partial charge in [-0.05, 0) is 43.0 Å². The Hall–Kier alpha value is -3.28. The predicted octanol–water partition coefficient (Wildman–Crippen LogP) is 5.26. The zero-order valence-electron chi connectivity index (χ0n) is 17.7. The van der Waals surface area contributed by atoms with Crippen molar-refractivity contribution in [2.24, 2.45) is 0 Å². The van der Waals surface area contributed by atoms with Crippen LogP contribution in [0.15, 0.2) is 66.9 Å². The van der Waals surface area contributed by atoms with E-state index in [-0.39, 0.29) is 23.6 Å². The number of amides is 1. The molecule has 1 fully saturated rings. The van der Waals surface area contributed by atoms with E-state index in [1.807, 2.05) is 41.3 Å². The van der Waals surface area contributed by atoms with Crippen molar-refractivity contribution >= 4 is 17.5 Å². The summed E-state index contributed by atoms with van der Waals surface area (Å²) in [5.74, 6) is 0.204. The highest BCUT2D eigenvalue weighted by Crippen LogP contribution is 2.30. The number of hydrogen-bond donors (Lipinski definition) is 1. The van der Waals surface area contributed by atoms with Crippen molar-refractivity contribution in [2.75, 3.05) is 18.4 Å². The van der Waals surface area contributed by atoms with Gasteiger partial charge in [-0.1, -0.05) is 49.4 Å². The highest BCUT2D eigenvalue weighted by molar-refractivity contribution is 5.83. The van der Waals surface area contributed by atoms with Gasteiger partial charge in [0.05, 0.1) is 17.3 Å². The van der Waals surface area contributed by atoms with Crippen LogP contribution in [-0.2, 0) is 4.79 Å². The van der Waals surface area contributed by atoms with E-state index < -0.39 is 0 Å². The molecule has 4 rings (SSSR count). The molecule has 1 aromatic heterocycles. The molecule has 1 saturated heterocycles. The second-order valence-electron chi connectivity index (χ2n) is 7.90. The van der Waals surface area contributed by atoms with Gasteiger partial charge < -0.3 is 10.2 Å². The molecule has 0 radical (unpaired) electrons. The van der Waals surface area contributed by atoms with Gasteiger partial charge >= 0.3 is 0 Å². The average molecular weight is 419 g/mol. The summed E-state index contributed by atoms with van der Waals surface area (Å²) in [6.07, 6.45) is 4.35. The minimum atomic E-state index is -0.350. The first-order valence-corrected chi connectivity index (χ1v) is 10.8. The summed E-state index contributed by atoms with van der Waals surface area (Å²) in [7, 11) is 0. The minimum Gasteiger partial charge on any atom is -0.342 e. The number of aromatic nitrogens is 2. The zero-order chi connectivity index (χ0) is 21.6. The van der Waals surface area contributed by atoms with Crippen LogP contribution in [0, 0.1) is 5.82 Å². The summed E-state index contributed by atoms with van der Waals surface area (Å²) < 4.78 is 14.0. The molecular formula is C25H27FN4O. The van der Waals surface area contributed by atoms with E-state index in [2.05, 4.69) is 22.2 Å². The molecule has 1 amide bonds. The van der Waals surface area contributed by atoms with Crippen LogP contribution in [0.1, 0.15) is 49.3 Å². The van der Waals surface area contributed by atoms with Crippen LogP contribution in [0.2, 0.25) is 0 Å². The number of hydrogen-bond acceptors (Lipinski definition) is 4. The lowest BCUT2D eigenvalue weighted by Crippen LogP contribution is -2.41. The summed E-state index contributed by atoms with van der Waals surface area (Å²) >= 11 is 0. The quantitative estimate of drug-likeness (QED) is 0.593. The Morgan fingerprint density at radius 3 is 2.71 bits per heavy atom. The normalized spacial score (nSPS) is 17.2. The number of nitrogens with zero attached hydrogens (tertiary/aromatic N) is 3. The first-order valence-electron chi connectivity index (χ1n) is 10.8. The van der Waals surface area contributed by atoms with Gasteiger partial charge in [0.1, 0.15) is 5.82 Å². The van der Waals surface area contributed by atoms with Crippen molar-refractivity contribution in [1.82, 2.24) is 14.9 Å². The molecule has 0 saturated carbocycles. The van der Waals surface area contributed by atoms with Crippen LogP contribution in [0.3, 0.4) is 0 Å². The van der Waals surface area contributed by atoms with E-state index in [1.54, 1.807) is 24.4 Å². The first kappa shape index (κ1) is 21.0. The van der Waals surface area contributed by atoms with Crippen molar-refractivity contribution in [1.29, 1.82) is 0 Å². The largest absolute Gasteiger partial charge is 0.342 e. The van der Waals surface area contributed by atoms with Gasteiger partial charge in [-0.15, -0.1) is 0 Å². The van der Waals surface area contributed by atoms with Crippen LogP contribution >= 0.6 is 0 Å². The lowest BCUT2D eigenvalue weighted by atomic mass is 9.90. The lowest BCUT2D eigenvalue weighted by Gasteiger charge is -2.35. The van der Waals surface area contributed by atoms with Crippen LogP contribution in [-0.4, -0.2) is 33.9 Å². The Kier molecular flexibility index (Phi) is 6.55. The maximum absolute atomic E-state index is 14.0. The topological polar surface area (TPSA) is 58.1 Å². The smallest absolute Gasteiger partial charge is 0.230 e. The molecule has 1 aliphatic heterocycles. The standard InChI is InChI=1S/C25H27FN4O/c1-2-20(18-9-4-3-5-10-18)24(31)30-16-8-11-19(17-30)22-14-15-27-25(28-22)29-23-13-7-6-12-21(23)26/h3-7,9-10,12-15,19-20H,2,8,11,16-17H2,1H3,(H,27,28,29)/t19-,20+/m0/s1. The van der Waals surface area contributed by atoms with E-state index in [0.29, 0.717) is 18.2 Å². The fourth-order valence-corrected chi connectivity index (χ4v) is 4.22. The molecule has 160 valence electrons. The molecular weight excluding hydrogens is 391 g/mol. The van der Waals surface area contributed by atoms with Gasteiger partial charge in [0.2, 0.25) is 11.9 Å². The summed E-state index contributed by atoms with van der Waals surface area (Å²) in [5.41, 5.74) is 2.28. The number of halogens is 1. The third kappa shape index (κ3) is 4.90. The van der Waals surface area contributed by atoms with Crippen LogP contribution in [0.25, 0.3) is 0 Å². The van der Waals surface area contributed by atoms with E-state index in [1.165, 1.54) is 6.07 Å². The number of benzene rings is 2. The van der Waals surface area contributed by atoms with Crippen molar-refractivity contribution in [2.45, 2.75) is 38.0 Å². The SMILES string of the molecule is CC[C@@H](C(=O)N1CCC[C@H](c2ccnc(Nc3ccccc3F)n2)C1)c1ccccc1. The minimum absolute atomic E-state index is 0.122. The maximum Gasteiger partial charge on any atom is 0.230 e. The first-order chi connectivity index (χ1) is 15.2. The van der Waals surface area contributed by atoms with Crippen LogP contribution in [0.4, 0.5) is 16.0 Å². The third-order valence-corrected chi connectivity index (χ3v) is 5.86. The van der Waals surface area contributed by atoms with E-state index >= 15 is 0 Å². The highest BCUT2D eigenvalue weighted by atomic mass is 19.1. The fraction of sp³-hybridized carbons (Fsp3) is 0.320. The molecule has 0 spiro atoms. The molecule has 2 aromatic carbocycles. The number of carbonyl (C=O) groups excluding carboxylic acids is 1. The van der Waals surface area contributed by atoms with Gasteiger partial charge in [0, 0.05) is 25.2 Å². The van der Waals surface area contributed by atoms with Gasteiger partial charge in [-0.2, -0.15) is 0 Å². The van der Waals surface area contributed by atoms with Crippen LogP contribution in [0.5, 0.6) is 0 Å². The Bertz CT molecular complexity index is 1030. The second kappa shape index (κ2) is 9.69. The number of para-hydroxylation sites is 1. The molecule has 3 aromatic rings. The molecule has 0 aliphatic carbocycles. The number of carbonyl (C=O) groups is 1. The average Bonchev–Trinajstić information content (AvgIpc) is 2.82. The number of piperidine rings is 1. The van der Waals surface area contributed by atoms with E-state index in [4.69, 9.17) is 0 Å². The number of likely N-dealkylation sites (tertiary alicyclic amines) is 1. The number of nitrogens with one attached hydrogen (secondary N) is 1. The van der Waals surface area contributed by atoms with Crippen molar-refractivity contribution < 1.29 is 9.18 Å². The van der Waals surface area contributed by atoms with Gasteiger partial charge in [-0.25, -0.2) is 14.4 Å². The zero-order valence-corrected chi connectivity index (χ0v) is 17.7. The summed E-state index contributed by atoms with van der Waals surface area (Å²) in [6.45, 7) is 3.46. The Morgan fingerprint density at radius 2 is 1.94 bits per heavy atom. The molecule has 1 aliphatic rings. The molecule has 1 N–H and O–H groups in total. The summed E-state index contributed by atoms with van der Waals surface area (Å²) in [6, 6.07) is 18.3. The monoisotopic (exact) mass is 418 g/mol. The molecule has 0 unspecified atom stereocenters. The van der Waals surface area contributed by atoms with E-state index in [0.717, 1.165) is 37.1 Å². The molecule has 6 heteroatoms. The fourth-order valence-electron chi connectivity index (χ4n) is 4.22. The second-order valence-corrected chi connectivity index (χ2v) is 7.90. The van der Waals surface area contributed by atoms with Crippen molar-refractivity contribution in [3.8, 4) is 0 Å². The molecule has 2 atom stereocenters. The summed E-state index contributed by atoms with van der Waals surface area (Å²) in [4.78, 5) is 24.1. The number of anilines is 2. The van der Waals surface area contributed by atoms with Crippen molar-refractivity contribution in [3.05, 3.63) is 83.9 Å². The molecule has 5 nitrogen and oxygen atoms in total. The van der Waals surface area contributed by atoms with Crippen LogP contribution < -0.4 is 5.32 Å². The molecule has 0 bridgehead atoms. The third-order valence-electron chi connectivity index (χ3n) is 5.86. The lowest BCUT2D eigenvalue weighted by molar-refractivity contribution is -0.134. The van der Waals surface area contributed by atoms with E-state index in [9.17, 15) is 9.18 Å².